The number of hydrogen-bond acceptors (Lipinski definition) is 3. The van der Waals surface area contributed by atoms with Gasteiger partial charge in [0.05, 0.1) is 24.4 Å². The Hall–Kier alpha value is -0.120. The second kappa shape index (κ2) is 8.51. The Morgan fingerprint density at radius 1 is 0.583 bits per heavy atom. The summed E-state index contributed by atoms with van der Waals surface area (Å²) in [6.07, 6.45) is 4.22. The van der Waals surface area contributed by atoms with Gasteiger partial charge in [-0.25, -0.2) is 0 Å². The van der Waals surface area contributed by atoms with Crippen molar-refractivity contribution in [2.45, 2.75) is 105 Å². The van der Waals surface area contributed by atoms with Crippen LogP contribution >= 0.6 is 0 Å². The Labute approximate surface area is 149 Å². The Morgan fingerprint density at radius 2 is 1.04 bits per heavy atom. The molecule has 2 unspecified atom stereocenters. The third kappa shape index (κ3) is 3.83. The SMILES string of the molecule is CCC1O[C@H](CC)[C@H](C)C(O[C@H]2O[C@H](CC)[C@H](C)[C@H](C)[C@H]2C)[C@H]1C. The Balaban J connectivity index is 2.14. The van der Waals surface area contributed by atoms with E-state index >= 15 is 0 Å². The monoisotopic (exact) mass is 340 g/mol. The minimum absolute atomic E-state index is 0.0795. The molecule has 0 aromatic rings. The standard InChI is InChI=1S/C21H40O3/c1-9-17-13(5)12(4)14(6)21(23-17)24-20-15(7)18(10-2)22-19(11-3)16(20)8/h12-21H,9-11H2,1-8H3/t12-,13+,14+,15-,16-,17+,18+,19?,20?,21+/m0/s1. The van der Waals surface area contributed by atoms with Crippen molar-refractivity contribution in [2.24, 2.45) is 29.6 Å². The number of hydrogen-bond donors (Lipinski definition) is 0. The number of rotatable bonds is 5. The summed E-state index contributed by atoms with van der Waals surface area (Å²) in [7, 11) is 0. The summed E-state index contributed by atoms with van der Waals surface area (Å²) in [5, 5.41) is 0. The van der Waals surface area contributed by atoms with Gasteiger partial charge in [-0.15, -0.1) is 0 Å². The van der Waals surface area contributed by atoms with Crippen molar-refractivity contribution in [3.8, 4) is 0 Å². The summed E-state index contributed by atoms with van der Waals surface area (Å²) in [5.74, 6) is 2.49. The molecule has 10 atom stereocenters. The van der Waals surface area contributed by atoms with E-state index in [9.17, 15) is 0 Å². The van der Waals surface area contributed by atoms with Gasteiger partial charge in [0.15, 0.2) is 6.29 Å². The van der Waals surface area contributed by atoms with Crippen LogP contribution in [-0.4, -0.2) is 30.7 Å². The molecular weight excluding hydrogens is 300 g/mol. The minimum Gasteiger partial charge on any atom is -0.374 e. The molecule has 2 saturated heterocycles. The quantitative estimate of drug-likeness (QED) is 0.682. The summed E-state index contributed by atoms with van der Waals surface area (Å²) >= 11 is 0. The van der Waals surface area contributed by atoms with Crippen molar-refractivity contribution in [1.82, 2.24) is 0 Å². The number of ether oxygens (including phenoxy) is 3. The average Bonchev–Trinajstić information content (AvgIpc) is 2.58. The van der Waals surface area contributed by atoms with Crippen LogP contribution in [0.2, 0.25) is 0 Å². The molecule has 0 N–H and O–H groups in total. The predicted molar refractivity (Wildman–Crippen MR) is 98.9 cm³/mol. The summed E-state index contributed by atoms with van der Waals surface area (Å²) in [4.78, 5) is 0. The highest BCUT2D eigenvalue weighted by molar-refractivity contribution is 4.90. The van der Waals surface area contributed by atoms with Crippen molar-refractivity contribution in [3.05, 3.63) is 0 Å². The highest BCUT2D eigenvalue weighted by atomic mass is 16.7. The Kier molecular flexibility index (Phi) is 7.16. The first-order valence-electron chi connectivity index (χ1n) is 10.3. The molecule has 0 aliphatic carbocycles. The lowest BCUT2D eigenvalue weighted by Gasteiger charge is -2.49. The highest BCUT2D eigenvalue weighted by Crippen LogP contribution is 2.41. The van der Waals surface area contributed by atoms with E-state index in [1.807, 2.05) is 0 Å². The van der Waals surface area contributed by atoms with Crippen LogP contribution in [0.1, 0.15) is 74.7 Å². The third-order valence-corrected chi connectivity index (χ3v) is 7.04. The first-order chi connectivity index (χ1) is 11.3. The molecule has 0 aromatic carbocycles. The van der Waals surface area contributed by atoms with Crippen molar-refractivity contribution >= 4 is 0 Å². The third-order valence-electron chi connectivity index (χ3n) is 7.04. The van der Waals surface area contributed by atoms with Crippen LogP contribution in [0.15, 0.2) is 0 Å². The molecule has 3 nitrogen and oxygen atoms in total. The van der Waals surface area contributed by atoms with E-state index in [1.54, 1.807) is 0 Å². The molecule has 0 amide bonds. The molecule has 0 saturated carbocycles. The zero-order valence-corrected chi connectivity index (χ0v) is 17.1. The molecule has 2 aliphatic heterocycles. The maximum absolute atomic E-state index is 6.68. The van der Waals surface area contributed by atoms with E-state index in [-0.39, 0.29) is 12.4 Å². The van der Waals surface area contributed by atoms with Gasteiger partial charge in [-0.05, 0) is 31.1 Å². The average molecular weight is 341 g/mol. The van der Waals surface area contributed by atoms with Gasteiger partial charge in [-0.1, -0.05) is 55.4 Å². The fourth-order valence-corrected chi connectivity index (χ4v) is 4.82. The normalized spacial score (nSPS) is 50.0. The van der Waals surface area contributed by atoms with Crippen molar-refractivity contribution < 1.29 is 14.2 Å². The van der Waals surface area contributed by atoms with E-state index < -0.39 is 0 Å². The van der Waals surface area contributed by atoms with E-state index in [4.69, 9.17) is 14.2 Å². The van der Waals surface area contributed by atoms with Gasteiger partial charge in [-0.3, -0.25) is 0 Å². The van der Waals surface area contributed by atoms with Crippen LogP contribution in [0.5, 0.6) is 0 Å². The van der Waals surface area contributed by atoms with Crippen LogP contribution in [0.3, 0.4) is 0 Å². The zero-order chi connectivity index (χ0) is 18.0. The molecule has 0 bridgehead atoms. The summed E-state index contributed by atoms with van der Waals surface area (Å²) in [5.41, 5.74) is 0. The van der Waals surface area contributed by atoms with Gasteiger partial charge in [0.25, 0.3) is 0 Å². The molecule has 0 spiro atoms. The molecule has 0 radical (unpaired) electrons. The van der Waals surface area contributed by atoms with E-state index in [0.717, 1.165) is 19.3 Å². The van der Waals surface area contributed by atoms with E-state index in [2.05, 4.69) is 55.4 Å². The van der Waals surface area contributed by atoms with Crippen molar-refractivity contribution in [2.75, 3.05) is 0 Å². The van der Waals surface area contributed by atoms with Gasteiger partial charge < -0.3 is 14.2 Å². The summed E-state index contributed by atoms with van der Waals surface area (Å²) < 4.78 is 19.4. The topological polar surface area (TPSA) is 27.7 Å². The van der Waals surface area contributed by atoms with Gasteiger partial charge in [0.2, 0.25) is 0 Å². The zero-order valence-electron chi connectivity index (χ0n) is 17.1. The minimum atomic E-state index is -0.0795. The Morgan fingerprint density at radius 3 is 1.50 bits per heavy atom. The van der Waals surface area contributed by atoms with Crippen LogP contribution in [0, 0.1) is 29.6 Å². The van der Waals surface area contributed by atoms with Gasteiger partial charge in [0, 0.05) is 17.8 Å². The first-order valence-corrected chi connectivity index (χ1v) is 10.3. The molecule has 2 fully saturated rings. The van der Waals surface area contributed by atoms with Gasteiger partial charge >= 0.3 is 0 Å². The van der Waals surface area contributed by atoms with Crippen LogP contribution in [-0.2, 0) is 14.2 Å². The smallest absolute Gasteiger partial charge is 0.161 e. The van der Waals surface area contributed by atoms with Crippen molar-refractivity contribution in [3.63, 3.8) is 0 Å². The molecule has 2 aliphatic rings. The van der Waals surface area contributed by atoms with Gasteiger partial charge in [-0.2, -0.15) is 0 Å². The highest BCUT2D eigenvalue weighted by Gasteiger charge is 2.45. The van der Waals surface area contributed by atoms with Crippen LogP contribution < -0.4 is 0 Å². The lowest BCUT2D eigenvalue weighted by atomic mass is 9.77. The fraction of sp³-hybridized carbons (Fsp3) is 1.00. The van der Waals surface area contributed by atoms with Crippen LogP contribution in [0.4, 0.5) is 0 Å². The summed E-state index contributed by atoms with van der Waals surface area (Å²) in [6.45, 7) is 18.2. The lowest BCUT2D eigenvalue weighted by molar-refractivity contribution is -0.296. The van der Waals surface area contributed by atoms with Crippen LogP contribution in [0.25, 0.3) is 0 Å². The maximum Gasteiger partial charge on any atom is 0.161 e. The molecule has 2 rings (SSSR count). The maximum atomic E-state index is 6.68. The largest absolute Gasteiger partial charge is 0.374 e. The molecule has 3 heteroatoms. The molecular formula is C21H40O3. The Bertz CT molecular complexity index is 367. The fourth-order valence-electron chi connectivity index (χ4n) is 4.82. The van der Waals surface area contributed by atoms with E-state index in [0.29, 0.717) is 47.9 Å². The second-order valence-electron chi connectivity index (χ2n) is 8.38. The van der Waals surface area contributed by atoms with Crippen molar-refractivity contribution in [1.29, 1.82) is 0 Å². The summed E-state index contributed by atoms with van der Waals surface area (Å²) in [6, 6.07) is 0. The molecule has 0 aromatic heterocycles. The molecule has 142 valence electrons. The second-order valence-corrected chi connectivity index (χ2v) is 8.38. The van der Waals surface area contributed by atoms with Gasteiger partial charge in [0.1, 0.15) is 0 Å². The molecule has 2 heterocycles. The molecule has 24 heavy (non-hydrogen) atoms. The predicted octanol–water partition coefficient (Wildman–Crippen LogP) is 5.27. The lowest BCUT2D eigenvalue weighted by Crippen LogP contribution is -2.54. The first kappa shape index (κ1) is 20.2. The van der Waals surface area contributed by atoms with E-state index in [1.165, 1.54) is 0 Å².